The molecule has 1 amide bonds. The molecule has 0 spiro atoms. The Morgan fingerprint density at radius 3 is 2.54 bits per heavy atom. The summed E-state index contributed by atoms with van der Waals surface area (Å²) in [6.07, 6.45) is 1.03. The van der Waals surface area contributed by atoms with Crippen LogP contribution in [-0.2, 0) is 9.59 Å². The number of nitro benzene ring substituents is 1. The Hall–Kier alpha value is -2.48. The van der Waals surface area contributed by atoms with Crippen LogP contribution in [0.3, 0.4) is 0 Å². The molecule has 0 bridgehead atoms. The van der Waals surface area contributed by atoms with Crippen LogP contribution in [0.15, 0.2) is 18.2 Å². The van der Waals surface area contributed by atoms with E-state index in [1.807, 2.05) is 4.90 Å². The quantitative estimate of drug-likeness (QED) is 0.629. The Labute approximate surface area is 139 Å². The Bertz CT molecular complexity index is 653. The molecule has 8 heteroatoms. The van der Waals surface area contributed by atoms with Gasteiger partial charge in [0.25, 0.3) is 5.69 Å². The van der Waals surface area contributed by atoms with Gasteiger partial charge in [0, 0.05) is 6.07 Å². The SMILES string of the molecule is Cc1c(NC(=O)C(C)N2CCC(C(=O)O)CC2)cccc1[N+](=O)[O-]. The number of carboxylic acid groups (broad SMARTS) is 1. The predicted molar refractivity (Wildman–Crippen MR) is 87.9 cm³/mol. The number of piperidine rings is 1. The second-order valence-corrected chi connectivity index (χ2v) is 6.02. The average molecular weight is 335 g/mol. The number of hydrogen-bond acceptors (Lipinski definition) is 5. The van der Waals surface area contributed by atoms with Crippen molar-refractivity contribution in [3.05, 3.63) is 33.9 Å². The minimum absolute atomic E-state index is 0.0391. The summed E-state index contributed by atoms with van der Waals surface area (Å²) in [5.74, 6) is -1.40. The molecule has 1 aliphatic rings. The molecular formula is C16H21N3O5. The third-order valence-corrected chi connectivity index (χ3v) is 4.57. The first-order valence-corrected chi connectivity index (χ1v) is 7.83. The molecule has 0 aliphatic carbocycles. The zero-order valence-corrected chi connectivity index (χ0v) is 13.7. The van der Waals surface area contributed by atoms with Crippen molar-refractivity contribution in [2.75, 3.05) is 18.4 Å². The van der Waals surface area contributed by atoms with Gasteiger partial charge >= 0.3 is 5.97 Å². The fourth-order valence-electron chi connectivity index (χ4n) is 2.89. The maximum Gasteiger partial charge on any atom is 0.306 e. The Balaban J connectivity index is 2.01. The van der Waals surface area contributed by atoms with Gasteiger partial charge in [0.15, 0.2) is 0 Å². The van der Waals surface area contributed by atoms with Crippen molar-refractivity contribution < 1.29 is 19.6 Å². The molecule has 24 heavy (non-hydrogen) atoms. The average Bonchev–Trinajstić information content (AvgIpc) is 2.55. The molecule has 0 saturated carbocycles. The molecule has 0 radical (unpaired) electrons. The zero-order chi connectivity index (χ0) is 17.9. The first-order valence-electron chi connectivity index (χ1n) is 7.83. The van der Waals surface area contributed by atoms with Crippen LogP contribution in [-0.4, -0.2) is 45.9 Å². The monoisotopic (exact) mass is 335 g/mol. The zero-order valence-electron chi connectivity index (χ0n) is 13.7. The van der Waals surface area contributed by atoms with Crippen molar-refractivity contribution >= 4 is 23.3 Å². The van der Waals surface area contributed by atoms with Gasteiger partial charge in [0.05, 0.1) is 28.1 Å². The van der Waals surface area contributed by atoms with E-state index in [-0.39, 0.29) is 17.5 Å². The molecule has 1 heterocycles. The van der Waals surface area contributed by atoms with Crippen LogP contribution in [0.25, 0.3) is 0 Å². The summed E-state index contributed by atoms with van der Waals surface area (Å²) in [5.41, 5.74) is 0.789. The van der Waals surface area contributed by atoms with Crippen LogP contribution in [0, 0.1) is 23.0 Å². The van der Waals surface area contributed by atoms with Gasteiger partial charge in [-0.1, -0.05) is 6.07 Å². The lowest BCUT2D eigenvalue weighted by atomic mass is 9.96. The lowest BCUT2D eigenvalue weighted by molar-refractivity contribution is -0.385. The second-order valence-electron chi connectivity index (χ2n) is 6.02. The summed E-state index contributed by atoms with van der Waals surface area (Å²) in [5, 5.41) is 22.7. The van der Waals surface area contributed by atoms with Gasteiger partial charge in [-0.3, -0.25) is 24.6 Å². The summed E-state index contributed by atoms with van der Waals surface area (Å²) >= 11 is 0. The molecule has 0 aromatic heterocycles. The number of carbonyl (C=O) groups excluding carboxylic acids is 1. The molecule has 1 unspecified atom stereocenters. The molecule has 8 nitrogen and oxygen atoms in total. The topological polar surface area (TPSA) is 113 Å². The normalized spacial score (nSPS) is 17.2. The van der Waals surface area contributed by atoms with Crippen molar-refractivity contribution in [1.82, 2.24) is 4.90 Å². The van der Waals surface area contributed by atoms with Crippen LogP contribution < -0.4 is 5.32 Å². The molecule has 1 aliphatic heterocycles. The maximum atomic E-state index is 12.4. The fourth-order valence-corrected chi connectivity index (χ4v) is 2.89. The fraction of sp³-hybridized carbons (Fsp3) is 0.500. The molecule has 130 valence electrons. The van der Waals surface area contributed by atoms with Crippen LogP contribution in [0.2, 0.25) is 0 Å². The number of nitrogens with one attached hydrogen (secondary N) is 1. The van der Waals surface area contributed by atoms with E-state index in [9.17, 15) is 19.7 Å². The summed E-state index contributed by atoms with van der Waals surface area (Å²) in [6, 6.07) is 4.12. The molecule has 1 atom stereocenters. The van der Waals surface area contributed by atoms with Crippen molar-refractivity contribution in [3.63, 3.8) is 0 Å². The summed E-state index contributed by atoms with van der Waals surface area (Å²) in [6.45, 7) is 4.43. The number of rotatable bonds is 5. The van der Waals surface area contributed by atoms with Gasteiger partial charge < -0.3 is 10.4 Å². The highest BCUT2D eigenvalue weighted by molar-refractivity contribution is 5.95. The molecule has 1 aromatic carbocycles. The van der Waals surface area contributed by atoms with Gasteiger partial charge in [0.2, 0.25) is 5.91 Å². The highest BCUT2D eigenvalue weighted by Gasteiger charge is 2.29. The number of likely N-dealkylation sites (tertiary alicyclic amines) is 1. The van der Waals surface area contributed by atoms with Gasteiger partial charge in [-0.25, -0.2) is 0 Å². The van der Waals surface area contributed by atoms with Gasteiger partial charge in [-0.05, 0) is 45.8 Å². The van der Waals surface area contributed by atoms with E-state index in [0.717, 1.165) is 0 Å². The van der Waals surface area contributed by atoms with E-state index < -0.39 is 16.9 Å². The molecule has 2 rings (SSSR count). The second kappa shape index (κ2) is 7.39. The smallest absolute Gasteiger partial charge is 0.306 e. The number of amides is 1. The number of carboxylic acids is 1. The maximum absolute atomic E-state index is 12.4. The van der Waals surface area contributed by atoms with Crippen LogP contribution in [0.4, 0.5) is 11.4 Å². The Morgan fingerprint density at radius 2 is 2.00 bits per heavy atom. The van der Waals surface area contributed by atoms with Gasteiger partial charge in [-0.15, -0.1) is 0 Å². The van der Waals surface area contributed by atoms with Gasteiger partial charge in [-0.2, -0.15) is 0 Å². The Kier molecular flexibility index (Phi) is 5.50. The van der Waals surface area contributed by atoms with Crippen LogP contribution in [0.5, 0.6) is 0 Å². The van der Waals surface area contributed by atoms with E-state index in [4.69, 9.17) is 5.11 Å². The number of nitro groups is 1. The first kappa shape index (κ1) is 17.9. The standard InChI is InChI=1S/C16H21N3O5/c1-10-13(4-3-5-14(10)19(23)24)17-15(20)11(2)18-8-6-12(7-9-18)16(21)22/h3-5,11-12H,6-9H2,1-2H3,(H,17,20)(H,21,22). The third kappa shape index (κ3) is 3.88. The summed E-state index contributed by atoms with van der Waals surface area (Å²) in [7, 11) is 0. The van der Waals surface area contributed by atoms with Crippen molar-refractivity contribution in [3.8, 4) is 0 Å². The van der Waals surface area contributed by atoms with E-state index in [0.29, 0.717) is 37.2 Å². The van der Waals surface area contributed by atoms with Crippen molar-refractivity contribution in [2.24, 2.45) is 5.92 Å². The van der Waals surface area contributed by atoms with Crippen molar-refractivity contribution in [1.29, 1.82) is 0 Å². The number of hydrogen-bond donors (Lipinski definition) is 2. The molecule has 2 N–H and O–H groups in total. The largest absolute Gasteiger partial charge is 0.481 e. The first-order chi connectivity index (χ1) is 11.3. The van der Waals surface area contributed by atoms with Crippen LogP contribution >= 0.6 is 0 Å². The lowest BCUT2D eigenvalue weighted by Gasteiger charge is -2.33. The third-order valence-electron chi connectivity index (χ3n) is 4.57. The minimum Gasteiger partial charge on any atom is -0.481 e. The van der Waals surface area contributed by atoms with E-state index in [2.05, 4.69) is 5.32 Å². The number of carbonyl (C=O) groups is 2. The number of benzene rings is 1. The van der Waals surface area contributed by atoms with Crippen LogP contribution in [0.1, 0.15) is 25.3 Å². The van der Waals surface area contributed by atoms with Gasteiger partial charge in [0.1, 0.15) is 0 Å². The number of aliphatic carboxylic acids is 1. The van der Waals surface area contributed by atoms with E-state index in [1.54, 1.807) is 19.9 Å². The number of anilines is 1. The molecule has 1 fully saturated rings. The highest BCUT2D eigenvalue weighted by Crippen LogP contribution is 2.26. The van der Waals surface area contributed by atoms with E-state index >= 15 is 0 Å². The summed E-state index contributed by atoms with van der Waals surface area (Å²) in [4.78, 5) is 35.8. The molecular weight excluding hydrogens is 314 g/mol. The lowest BCUT2D eigenvalue weighted by Crippen LogP contribution is -2.47. The minimum atomic E-state index is -0.793. The van der Waals surface area contributed by atoms with E-state index in [1.165, 1.54) is 12.1 Å². The number of nitrogens with zero attached hydrogens (tertiary/aromatic N) is 2. The Morgan fingerprint density at radius 1 is 1.38 bits per heavy atom. The van der Waals surface area contributed by atoms with Crippen molar-refractivity contribution in [2.45, 2.75) is 32.7 Å². The molecule has 1 aromatic rings. The molecule has 1 saturated heterocycles. The summed E-state index contributed by atoms with van der Waals surface area (Å²) < 4.78 is 0. The highest BCUT2D eigenvalue weighted by atomic mass is 16.6. The predicted octanol–water partition coefficient (Wildman–Crippen LogP) is 2.03.